The lowest BCUT2D eigenvalue weighted by Gasteiger charge is -2.30. The molecule has 2 rings (SSSR count). The van der Waals surface area contributed by atoms with Crippen molar-refractivity contribution in [3.8, 4) is 0 Å². The number of aromatic nitrogens is 1. The molecular formula is C15H17NO5. The van der Waals surface area contributed by atoms with Crippen LogP contribution in [-0.2, 0) is 15.9 Å². The Morgan fingerprint density at radius 2 is 1.76 bits per heavy atom. The number of hydrogen-bond donors (Lipinski definition) is 0. The predicted molar refractivity (Wildman–Crippen MR) is 73.3 cm³/mol. The van der Waals surface area contributed by atoms with Crippen molar-refractivity contribution < 1.29 is 23.9 Å². The largest absolute Gasteiger partial charge is 0.465 e. The van der Waals surface area contributed by atoms with E-state index in [0.717, 1.165) is 0 Å². The minimum absolute atomic E-state index is 0.00199. The van der Waals surface area contributed by atoms with Gasteiger partial charge in [-0.25, -0.2) is 14.6 Å². The molecule has 6 nitrogen and oxygen atoms in total. The maximum Gasteiger partial charge on any atom is 0.356 e. The van der Waals surface area contributed by atoms with E-state index in [0.29, 0.717) is 18.5 Å². The van der Waals surface area contributed by atoms with E-state index in [9.17, 15) is 14.4 Å². The fraction of sp³-hybridized carbons (Fsp3) is 0.467. The van der Waals surface area contributed by atoms with Gasteiger partial charge >= 0.3 is 11.9 Å². The molecule has 6 heteroatoms. The summed E-state index contributed by atoms with van der Waals surface area (Å²) >= 11 is 0. The smallest absolute Gasteiger partial charge is 0.356 e. The molecule has 1 aliphatic carbocycles. The Bertz CT molecular complexity index is 633. The molecule has 0 fully saturated rings. The summed E-state index contributed by atoms with van der Waals surface area (Å²) in [4.78, 5) is 40.1. The predicted octanol–water partition coefficient (Wildman–Crippen LogP) is 1.81. The molecule has 0 N–H and O–H groups in total. The van der Waals surface area contributed by atoms with Crippen LogP contribution in [0.5, 0.6) is 0 Å². The molecule has 0 saturated carbocycles. The van der Waals surface area contributed by atoms with Crippen molar-refractivity contribution in [3.63, 3.8) is 0 Å². The summed E-state index contributed by atoms with van der Waals surface area (Å²) in [6.45, 7) is 3.89. The number of rotatable bonds is 2. The van der Waals surface area contributed by atoms with Crippen LogP contribution < -0.4 is 0 Å². The molecule has 0 amide bonds. The van der Waals surface area contributed by atoms with Crippen LogP contribution in [0.2, 0.25) is 0 Å². The average molecular weight is 291 g/mol. The highest BCUT2D eigenvalue weighted by atomic mass is 16.5. The summed E-state index contributed by atoms with van der Waals surface area (Å²) in [6.07, 6.45) is 0.826. The van der Waals surface area contributed by atoms with E-state index in [1.165, 1.54) is 20.3 Å². The number of ether oxygens (including phenoxy) is 2. The van der Waals surface area contributed by atoms with E-state index >= 15 is 0 Å². The van der Waals surface area contributed by atoms with Crippen LogP contribution in [0, 0.1) is 5.41 Å². The van der Waals surface area contributed by atoms with E-state index in [1.807, 2.05) is 13.8 Å². The van der Waals surface area contributed by atoms with Crippen LogP contribution in [0.25, 0.3) is 0 Å². The van der Waals surface area contributed by atoms with Gasteiger partial charge in [-0.15, -0.1) is 0 Å². The molecule has 0 spiro atoms. The molecular weight excluding hydrogens is 274 g/mol. The second kappa shape index (κ2) is 5.27. The molecule has 0 unspecified atom stereocenters. The Morgan fingerprint density at radius 3 is 2.33 bits per heavy atom. The van der Waals surface area contributed by atoms with E-state index in [4.69, 9.17) is 4.74 Å². The van der Waals surface area contributed by atoms with Crippen LogP contribution >= 0.6 is 0 Å². The van der Waals surface area contributed by atoms with Gasteiger partial charge in [-0.05, 0) is 17.9 Å². The van der Waals surface area contributed by atoms with Gasteiger partial charge in [-0.1, -0.05) is 13.8 Å². The highest BCUT2D eigenvalue weighted by Gasteiger charge is 2.36. The molecule has 1 heterocycles. The molecule has 0 aromatic carbocycles. The van der Waals surface area contributed by atoms with E-state index in [-0.39, 0.29) is 28.0 Å². The van der Waals surface area contributed by atoms with Gasteiger partial charge in [0.2, 0.25) is 0 Å². The molecule has 112 valence electrons. The van der Waals surface area contributed by atoms with Gasteiger partial charge in [0, 0.05) is 6.42 Å². The van der Waals surface area contributed by atoms with Gasteiger partial charge in [-0.2, -0.15) is 0 Å². The normalized spacial score (nSPS) is 16.1. The fourth-order valence-electron chi connectivity index (χ4n) is 2.56. The van der Waals surface area contributed by atoms with Crippen molar-refractivity contribution in [2.75, 3.05) is 14.2 Å². The summed E-state index contributed by atoms with van der Waals surface area (Å²) in [5, 5.41) is 0. The van der Waals surface area contributed by atoms with Crippen LogP contribution in [0.3, 0.4) is 0 Å². The third-order valence-electron chi connectivity index (χ3n) is 3.46. The average Bonchev–Trinajstić information content (AvgIpc) is 2.42. The zero-order chi connectivity index (χ0) is 15.8. The monoisotopic (exact) mass is 291 g/mol. The van der Waals surface area contributed by atoms with Gasteiger partial charge in [0.05, 0.1) is 31.0 Å². The highest BCUT2D eigenvalue weighted by molar-refractivity contribution is 6.09. The minimum atomic E-state index is -0.660. The first-order valence-electron chi connectivity index (χ1n) is 6.53. The van der Waals surface area contributed by atoms with Crippen molar-refractivity contribution >= 4 is 17.7 Å². The second-order valence-corrected chi connectivity index (χ2v) is 5.80. The van der Waals surface area contributed by atoms with Crippen molar-refractivity contribution in [2.45, 2.75) is 26.7 Å². The number of methoxy groups -OCH3 is 2. The van der Waals surface area contributed by atoms with Crippen LogP contribution in [0.15, 0.2) is 6.07 Å². The van der Waals surface area contributed by atoms with Crippen molar-refractivity contribution in [1.29, 1.82) is 0 Å². The van der Waals surface area contributed by atoms with Gasteiger partial charge in [0.15, 0.2) is 5.78 Å². The third kappa shape index (κ3) is 2.79. The Morgan fingerprint density at radius 1 is 1.14 bits per heavy atom. The van der Waals surface area contributed by atoms with E-state index in [1.54, 1.807) is 0 Å². The molecule has 1 aromatic rings. The number of ketones is 1. The maximum atomic E-state index is 12.3. The van der Waals surface area contributed by atoms with Crippen molar-refractivity contribution in [2.24, 2.45) is 5.41 Å². The molecule has 21 heavy (non-hydrogen) atoms. The number of pyridine rings is 1. The van der Waals surface area contributed by atoms with Crippen LogP contribution in [-0.4, -0.2) is 36.9 Å². The summed E-state index contributed by atoms with van der Waals surface area (Å²) in [6, 6.07) is 1.26. The van der Waals surface area contributed by atoms with Crippen molar-refractivity contribution in [3.05, 3.63) is 28.6 Å². The standard InChI is InChI=1S/C15H17NO5/c1-15(2)6-10-12(11(17)7-15)8(13(18)20-3)5-9(16-10)14(19)21-4/h5H,6-7H2,1-4H3. The lowest BCUT2D eigenvalue weighted by atomic mass is 9.74. The maximum absolute atomic E-state index is 12.3. The van der Waals surface area contributed by atoms with E-state index in [2.05, 4.69) is 9.72 Å². The zero-order valence-electron chi connectivity index (χ0n) is 12.5. The first kappa shape index (κ1) is 15.2. The Labute approximate surface area is 122 Å². The van der Waals surface area contributed by atoms with Gasteiger partial charge < -0.3 is 9.47 Å². The first-order valence-corrected chi connectivity index (χ1v) is 6.53. The fourth-order valence-corrected chi connectivity index (χ4v) is 2.56. The summed E-state index contributed by atoms with van der Waals surface area (Å²) in [5.41, 5.74) is 0.512. The number of esters is 2. The SMILES string of the molecule is COC(=O)c1cc(C(=O)OC)c2c(n1)CC(C)(C)CC2=O. The lowest BCUT2D eigenvalue weighted by molar-refractivity contribution is 0.0587. The Hall–Kier alpha value is -2.24. The second-order valence-electron chi connectivity index (χ2n) is 5.80. The number of fused-ring (bicyclic) bond motifs is 1. The summed E-state index contributed by atoms with van der Waals surface area (Å²) in [7, 11) is 2.46. The Balaban J connectivity index is 2.68. The minimum Gasteiger partial charge on any atom is -0.465 e. The quantitative estimate of drug-likeness (QED) is 0.773. The number of nitrogens with zero attached hydrogens (tertiary/aromatic N) is 1. The number of carbonyl (C=O) groups excluding carboxylic acids is 3. The van der Waals surface area contributed by atoms with Crippen molar-refractivity contribution in [1.82, 2.24) is 4.98 Å². The highest BCUT2D eigenvalue weighted by Crippen LogP contribution is 2.35. The topological polar surface area (TPSA) is 82.6 Å². The van der Waals surface area contributed by atoms with Gasteiger partial charge in [0.25, 0.3) is 0 Å². The summed E-state index contributed by atoms with van der Waals surface area (Å²) in [5.74, 6) is -1.48. The van der Waals surface area contributed by atoms with Crippen LogP contribution in [0.4, 0.5) is 0 Å². The Kier molecular flexibility index (Phi) is 3.80. The van der Waals surface area contributed by atoms with Crippen LogP contribution in [0.1, 0.15) is 57.2 Å². The molecule has 0 bridgehead atoms. The lowest BCUT2D eigenvalue weighted by Crippen LogP contribution is -2.31. The molecule has 1 aromatic heterocycles. The van der Waals surface area contributed by atoms with Gasteiger partial charge in [-0.3, -0.25) is 4.79 Å². The number of hydrogen-bond acceptors (Lipinski definition) is 6. The zero-order valence-corrected chi connectivity index (χ0v) is 12.5. The third-order valence-corrected chi connectivity index (χ3v) is 3.46. The first-order chi connectivity index (χ1) is 9.79. The molecule has 1 aliphatic rings. The number of carbonyl (C=O) groups is 3. The number of Topliss-reactive ketones (excluding diaryl/α,β-unsaturated/α-hetero) is 1. The molecule has 0 atom stereocenters. The molecule has 0 saturated heterocycles. The van der Waals surface area contributed by atoms with Gasteiger partial charge in [0.1, 0.15) is 5.69 Å². The van der Waals surface area contributed by atoms with E-state index < -0.39 is 11.9 Å². The molecule has 0 aliphatic heterocycles. The molecule has 0 radical (unpaired) electrons. The summed E-state index contributed by atoms with van der Waals surface area (Å²) < 4.78 is 9.34.